The summed E-state index contributed by atoms with van der Waals surface area (Å²) in [6.45, 7) is 0. The lowest BCUT2D eigenvalue weighted by Gasteiger charge is -1.97. The van der Waals surface area contributed by atoms with Crippen molar-refractivity contribution in [1.82, 2.24) is 15.0 Å². The highest BCUT2D eigenvalue weighted by atomic mass is 15.5. The molecule has 0 fully saturated rings. The molecule has 0 saturated heterocycles. The minimum Gasteiger partial charge on any atom is -0.278 e. The average Bonchev–Trinajstić information content (AvgIpc) is 2.98. The quantitative estimate of drug-likeness (QED) is 0.581. The SMILES string of the molecule is C(=N\Nc1ccccc1)/c1cnn(-c2ccccc2)n1. The van der Waals surface area contributed by atoms with Crippen molar-refractivity contribution in [3.8, 4) is 5.69 Å². The maximum atomic E-state index is 4.33. The lowest BCUT2D eigenvalue weighted by molar-refractivity contribution is 0.751. The summed E-state index contributed by atoms with van der Waals surface area (Å²) < 4.78 is 0. The van der Waals surface area contributed by atoms with Gasteiger partial charge in [-0.1, -0.05) is 36.4 Å². The van der Waals surface area contributed by atoms with E-state index in [0.717, 1.165) is 11.4 Å². The first-order valence-electron chi connectivity index (χ1n) is 6.24. The second-order valence-corrected chi connectivity index (χ2v) is 4.13. The van der Waals surface area contributed by atoms with Crippen molar-refractivity contribution in [2.45, 2.75) is 0 Å². The van der Waals surface area contributed by atoms with E-state index in [1.165, 1.54) is 0 Å². The van der Waals surface area contributed by atoms with Gasteiger partial charge in [0.1, 0.15) is 5.69 Å². The van der Waals surface area contributed by atoms with Crippen molar-refractivity contribution in [2.75, 3.05) is 5.43 Å². The van der Waals surface area contributed by atoms with Crippen LogP contribution in [-0.2, 0) is 0 Å². The summed E-state index contributed by atoms with van der Waals surface area (Å²) in [7, 11) is 0. The van der Waals surface area contributed by atoms with Gasteiger partial charge >= 0.3 is 0 Å². The second kappa shape index (κ2) is 5.79. The number of hydrazone groups is 1. The van der Waals surface area contributed by atoms with Gasteiger partial charge in [-0.2, -0.15) is 15.0 Å². The van der Waals surface area contributed by atoms with E-state index < -0.39 is 0 Å². The van der Waals surface area contributed by atoms with E-state index in [4.69, 9.17) is 0 Å². The maximum Gasteiger partial charge on any atom is 0.126 e. The van der Waals surface area contributed by atoms with Crippen molar-refractivity contribution in [1.29, 1.82) is 0 Å². The normalized spacial score (nSPS) is 10.8. The fourth-order valence-corrected chi connectivity index (χ4v) is 1.71. The third kappa shape index (κ3) is 2.89. The first kappa shape index (κ1) is 12.1. The van der Waals surface area contributed by atoms with Gasteiger partial charge in [0.2, 0.25) is 0 Å². The highest BCUT2D eigenvalue weighted by Crippen LogP contribution is 2.05. The summed E-state index contributed by atoms with van der Waals surface area (Å²) in [5.74, 6) is 0. The van der Waals surface area contributed by atoms with Gasteiger partial charge < -0.3 is 0 Å². The van der Waals surface area contributed by atoms with Crippen LogP contribution < -0.4 is 5.43 Å². The maximum absolute atomic E-state index is 4.33. The molecule has 0 radical (unpaired) electrons. The highest BCUT2D eigenvalue weighted by Gasteiger charge is 1.99. The Bertz CT molecular complexity index is 689. The van der Waals surface area contributed by atoms with Crippen molar-refractivity contribution in [3.63, 3.8) is 0 Å². The molecule has 5 nitrogen and oxygen atoms in total. The Morgan fingerprint density at radius 2 is 1.65 bits per heavy atom. The first-order chi connectivity index (χ1) is 9.92. The summed E-state index contributed by atoms with van der Waals surface area (Å²) >= 11 is 0. The van der Waals surface area contributed by atoms with Crippen LogP contribution in [-0.4, -0.2) is 21.2 Å². The zero-order chi connectivity index (χ0) is 13.6. The second-order valence-electron chi connectivity index (χ2n) is 4.13. The Balaban J connectivity index is 1.69. The molecule has 1 aromatic heterocycles. The topological polar surface area (TPSA) is 55.1 Å². The third-order valence-corrected chi connectivity index (χ3v) is 2.66. The van der Waals surface area contributed by atoms with Crippen LogP contribution in [0.3, 0.4) is 0 Å². The molecule has 0 atom stereocenters. The molecule has 0 spiro atoms. The molecule has 1 heterocycles. The first-order valence-corrected chi connectivity index (χ1v) is 6.24. The average molecular weight is 263 g/mol. The van der Waals surface area contributed by atoms with Gasteiger partial charge in [-0.15, -0.1) is 5.10 Å². The van der Waals surface area contributed by atoms with Crippen LogP contribution in [0.15, 0.2) is 72.0 Å². The Morgan fingerprint density at radius 1 is 0.950 bits per heavy atom. The Hall–Kier alpha value is -2.95. The van der Waals surface area contributed by atoms with Crippen molar-refractivity contribution < 1.29 is 0 Å². The molecule has 0 unspecified atom stereocenters. The Labute approximate surface area is 116 Å². The highest BCUT2D eigenvalue weighted by molar-refractivity contribution is 5.77. The van der Waals surface area contributed by atoms with Crippen LogP contribution in [0.5, 0.6) is 0 Å². The molecule has 3 rings (SSSR count). The van der Waals surface area contributed by atoms with Crippen LogP contribution >= 0.6 is 0 Å². The molecule has 3 aromatic rings. The van der Waals surface area contributed by atoms with Gasteiger partial charge in [-0.3, -0.25) is 5.43 Å². The van der Waals surface area contributed by atoms with Crippen LogP contribution in [0.4, 0.5) is 5.69 Å². The van der Waals surface area contributed by atoms with E-state index >= 15 is 0 Å². The number of aromatic nitrogens is 3. The van der Waals surface area contributed by atoms with E-state index in [1.54, 1.807) is 17.2 Å². The molecule has 2 aromatic carbocycles. The largest absolute Gasteiger partial charge is 0.278 e. The molecule has 0 aliphatic heterocycles. The summed E-state index contributed by atoms with van der Waals surface area (Å²) in [6.07, 6.45) is 3.31. The van der Waals surface area contributed by atoms with Gasteiger partial charge in [0, 0.05) is 0 Å². The number of hydrogen-bond acceptors (Lipinski definition) is 4. The molecule has 5 heteroatoms. The monoisotopic (exact) mass is 263 g/mol. The smallest absolute Gasteiger partial charge is 0.126 e. The summed E-state index contributed by atoms with van der Waals surface area (Å²) in [6, 6.07) is 19.5. The summed E-state index contributed by atoms with van der Waals surface area (Å²) in [5.41, 5.74) is 5.48. The van der Waals surface area contributed by atoms with E-state index in [9.17, 15) is 0 Å². The van der Waals surface area contributed by atoms with Crippen LogP contribution in [0, 0.1) is 0 Å². The molecule has 1 N–H and O–H groups in total. The van der Waals surface area contributed by atoms with E-state index in [1.807, 2.05) is 60.7 Å². The van der Waals surface area contributed by atoms with E-state index in [2.05, 4.69) is 20.7 Å². The number of anilines is 1. The van der Waals surface area contributed by atoms with E-state index in [-0.39, 0.29) is 0 Å². The van der Waals surface area contributed by atoms with Gasteiger partial charge in [0.15, 0.2) is 0 Å². The Morgan fingerprint density at radius 3 is 2.40 bits per heavy atom. The van der Waals surface area contributed by atoms with Crippen LogP contribution in [0.1, 0.15) is 5.69 Å². The summed E-state index contributed by atoms with van der Waals surface area (Å²) in [5, 5.41) is 12.7. The molecule has 0 aliphatic rings. The van der Waals surface area contributed by atoms with Crippen molar-refractivity contribution in [3.05, 3.63) is 72.6 Å². The lowest BCUT2D eigenvalue weighted by atomic mass is 10.3. The van der Waals surface area contributed by atoms with Gasteiger partial charge in [-0.25, -0.2) is 0 Å². The zero-order valence-corrected chi connectivity index (χ0v) is 10.7. The number of para-hydroxylation sites is 2. The lowest BCUT2D eigenvalue weighted by Crippen LogP contribution is -1.98. The number of hydrogen-bond donors (Lipinski definition) is 1. The molecular formula is C15H13N5. The predicted molar refractivity (Wildman–Crippen MR) is 79.0 cm³/mol. The van der Waals surface area contributed by atoms with Gasteiger partial charge in [-0.05, 0) is 24.3 Å². The van der Waals surface area contributed by atoms with Gasteiger partial charge in [0.05, 0.1) is 23.8 Å². The molecule has 0 aliphatic carbocycles. The molecule has 0 bridgehead atoms. The number of rotatable bonds is 4. The minimum atomic E-state index is 0.692. The minimum absolute atomic E-state index is 0.692. The standard InChI is InChI=1S/C15H13N5/c1-3-7-13(8-4-1)18-16-11-14-12-17-20(19-14)15-9-5-2-6-10-15/h1-12,18H/b16-11+. The number of nitrogens with zero attached hydrogens (tertiary/aromatic N) is 4. The van der Waals surface area contributed by atoms with Crippen LogP contribution in [0.25, 0.3) is 5.69 Å². The number of nitrogens with one attached hydrogen (secondary N) is 1. The van der Waals surface area contributed by atoms with Crippen molar-refractivity contribution >= 4 is 11.9 Å². The van der Waals surface area contributed by atoms with Crippen molar-refractivity contribution in [2.24, 2.45) is 5.10 Å². The Kier molecular flexibility index (Phi) is 3.51. The molecule has 0 amide bonds. The molecule has 20 heavy (non-hydrogen) atoms. The number of benzene rings is 2. The predicted octanol–water partition coefficient (Wildman–Crippen LogP) is 2.71. The molecule has 98 valence electrons. The third-order valence-electron chi connectivity index (χ3n) is 2.66. The fourth-order valence-electron chi connectivity index (χ4n) is 1.71. The zero-order valence-electron chi connectivity index (χ0n) is 10.7. The summed E-state index contributed by atoms with van der Waals surface area (Å²) in [4.78, 5) is 1.57. The van der Waals surface area contributed by atoms with Crippen LogP contribution in [0.2, 0.25) is 0 Å². The van der Waals surface area contributed by atoms with E-state index in [0.29, 0.717) is 5.69 Å². The molecule has 0 saturated carbocycles. The van der Waals surface area contributed by atoms with Gasteiger partial charge in [0.25, 0.3) is 0 Å². The molecular weight excluding hydrogens is 250 g/mol. The fraction of sp³-hybridized carbons (Fsp3) is 0.